The lowest BCUT2D eigenvalue weighted by Gasteiger charge is -2.13. The van der Waals surface area contributed by atoms with Gasteiger partial charge in [-0.25, -0.2) is 0 Å². The van der Waals surface area contributed by atoms with Gasteiger partial charge in [-0.05, 0) is 25.3 Å². The van der Waals surface area contributed by atoms with E-state index in [0.717, 1.165) is 12.8 Å². The van der Waals surface area contributed by atoms with Crippen molar-refractivity contribution in [3.05, 3.63) is 47.5 Å². The SMILES string of the molecule is C=C(CC)CC(N)c1ccc(C)cc1. The van der Waals surface area contributed by atoms with Crippen molar-refractivity contribution in [2.45, 2.75) is 32.7 Å². The van der Waals surface area contributed by atoms with Gasteiger partial charge in [-0.15, -0.1) is 0 Å². The highest BCUT2D eigenvalue weighted by atomic mass is 14.6. The fraction of sp³-hybridized carbons (Fsp3) is 0.385. The third-order valence-corrected chi connectivity index (χ3v) is 2.51. The number of nitrogens with two attached hydrogens (primary N) is 1. The minimum Gasteiger partial charge on any atom is -0.324 e. The zero-order chi connectivity index (χ0) is 10.6. The molecule has 1 nitrogen and oxygen atoms in total. The lowest BCUT2D eigenvalue weighted by Crippen LogP contribution is -2.10. The molecule has 0 radical (unpaired) electrons. The van der Waals surface area contributed by atoms with E-state index < -0.39 is 0 Å². The molecule has 0 amide bonds. The van der Waals surface area contributed by atoms with Gasteiger partial charge >= 0.3 is 0 Å². The number of rotatable bonds is 4. The summed E-state index contributed by atoms with van der Waals surface area (Å²) >= 11 is 0. The van der Waals surface area contributed by atoms with E-state index in [1.54, 1.807) is 0 Å². The Morgan fingerprint density at radius 1 is 1.36 bits per heavy atom. The fourth-order valence-electron chi connectivity index (χ4n) is 1.39. The minimum atomic E-state index is 0.100. The Balaban J connectivity index is 2.65. The Hall–Kier alpha value is -1.08. The predicted octanol–water partition coefficient (Wildman–Crippen LogP) is 3.35. The van der Waals surface area contributed by atoms with Crippen LogP contribution in [0.5, 0.6) is 0 Å². The molecule has 1 aromatic rings. The molecule has 1 heteroatoms. The van der Waals surface area contributed by atoms with Crippen LogP contribution < -0.4 is 5.73 Å². The summed E-state index contributed by atoms with van der Waals surface area (Å²) in [4.78, 5) is 0. The van der Waals surface area contributed by atoms with Crippen molar-refractivity contribution in [3.63, 3.8) is 0 Å². The molecule has 14 heavy (non-hydrogen) atoms. The molecular formula is C13H19N. The predicted molar refractivity (Wildman–Crippen MR) is 62.2 cm³/mol. The summed E-state index contributed by atoms with van der Waals surface area (Å²) < 4.78 is 0. The van der Waals surface area contributed by atoms with Gasteiger partial charge in [-0.2, -0.15) is 0 Å². The first-order chi connectivity index (χ1) is 6.63. The van der Waals surface area contributed by atoms with Gasteiger partial charge in [0.15, 0.2) is 0 Å². The monoisotopic (exact) mass is 189 g/mol. The Morgan fingerprint density at radius 3 is 2.43 bits per heavy atom. The van der Waals surface area contributed by atoms with E-state index in [9.17, 15) is 0 Å². The molecule has 0 fully saturated rings. The Kier molecular flexibility index (Phi) is 3.90. The van der Waals surface area contributed by atoms with Crippen molar-refractivity contribution in [2.75, 3.05) is 0 Å². The zero-order valence-electron chi connectivity index (χ0n) is 9.09. The molecule has 1 atom stereocenters. The summed E-state index contributed by atoms with van der Waals surface area (Å²) in [5.74, 6) is 0. The fourth-order valence-corrected chi connectivity index (χ4v) is 1.39. The van der Waals surface area contributed by atoms with Crippen LogP contribution in [0.2, 0.25) is 0 Å². The van der Waals surface area contributed by atoms with Crippen LogP contribution in [-0.2, 0) is 0 Å². The summed E-state index contributed by atoms with van der Waals surface area (Å²) in [7, 11) is 0. The van der Waals surface area contributed by atoms with E-state index in [1.807, 2.05) is 0 Å². The second-order valence-electron chi connectivity index (χ2n) is 3.82. The van der Waals surface area contributed by atoms with Crippen LogP contribution in [-0.4, -0.2) is 0 Å². The smallest absolute Gasteiger partial charge is 0.0332 e. The molecule has 0 saturated carbocycles. The van der Waals surface area contributed by atoms with Gasteiger partial charge < -0.3 is 5.73 Å². The Bertz CT molecular complexity index is 298. The van der Waals surface area contributed by atoms with Crippen LogP contribution in [0.1, 0.15) is 36.9 Å². The quantitative estimate of drug-likeness (QED) is 0.722. The summed E-state index contributed by atoms with van der Waals surface area (Å²) in [6.45, 7) is 8.18. The highest BCUT2D eigenvalue weighted by Crippen LogP contribution is 2.19. The average Bonchev–Trinajstić information content (AvgIpc) is 2.18. The Labute approximate surface area is 86.6 Å². The molecule has 0 spiro atoms. The van der Waals surface area contributed by atoms with Crippen molar-refractivity contribution in [3.8, 4) is 0 Å². The van der Waals surface area contributed by atoms with E-state index in [-0.39, 0.29) is 6.04 Å². The van der Waals surface area contributed by atoms with Gasteiger partial charge in [0, 0.05) is 6.04 Å². The van der Waals surface area contributed by atoms with E-state index in [2.05, 4.69) is 44.7 Å². The third kappa shape index (κ3) is 3.00. The normalized spacial score (nSPS) is 12.5. The van der Waals surface area contributed by atoms with Crippen molar-refractivity contribution in [1.82, 2.24) is 0 Å². The Morgan fingerprint density at radius 2 is 1.93 bits per heavy atom. The molecule has 0 heterocycles. The van der Waals surface area contributed by atoms with Crippen molar-refractivity contribution < 1.29 is 0 Å². The van der Waals surface area contributed by atoms with Crippen LogP contribution in [0.15, 0.2) is 36.4 Å². The van der Waals surface area contributed by atoms with Gasteiger partial charge in [0.1, 0.15) is 0 Å². The van der Waals surface area contributed by atoms with Crippen LogP contribution in [0.3, 0.4) is 0 Å². The van der Waals surface area contributed by atoms with Gasteiger partial charge in [0.05, 0.1) is 0 Å². The van der Waals surface area contributed by atoms with Crippen LogP contribution >= 0.6 is 0 Å². The van der Waals surface area contributed by atoms with E-state index in [0.29, 0.717) is 0 Å². The van der Waals surface area contributed by atoms with Crippen molar-refractivity contribution in [1.29, 1.82) is 0 Å². The van der Waals surface area contributed by atoms with Crippen LogP contribution in [0.25, 0.3) is 0 Å². The molecule has 1 aromatic carbocycles. The van der Waals surface area contributed by atoms with Crippen LogP contribution in [0, 0.1) is 6.92 Å². The zero-order valence-corrected chi connectivity index (χ0v) is 9.09. The minimum absolute atomic E-state index is 0.100. The maximum Gasteiger partial charge on any atom is 0.0332 e. The molecule has 76 valence electrons. The number of benzene rings is 1. The molecule has 0 bridgehead atoms. The maximum atomic E-state index is 6.06. The first-order valence-electron chi connectivity index (χ1n) is 5.12. The van der Waals surface area contributed by atoms with E-state index >= 15 is 0 Å². The molecule has 0 aromatic heterocycles. The third-order valence-electron chi connectivity index (χ3n) is 2.51. The van der Waals surface area contributed by atoms with E-state index in [4.69, 9.17) is 5.73 Å². The van der Waals surface area contributed by atoms with Crippen molar-refractivity contribution in [2.24, 2.45) is 5.73 Å². The summed E-state index contributed by atoms with van der Waals surface area (Å²) in [6, 6.07) is 8.50. The molecule has 0 aliphatic carbocycles. The lowest BCUT2D eigenvalue weighted by molar-refractivity contribution is 0.701. The second-order valence-corrected chi connectivity index (χ2v) is 3.82. The average molecular weight is 189 g/mol. The topological polar surface area (TPSA) is 26.0 Å². The summed E-state index contributed by atoms with van der Waals surface area (Å²) in [6.07, 6.45) is 1.90. The summed E-state index contributed by atoms with van der Waals surface area (Å²) in [5, 5.41) is 0. The van der Waals surface area contributed by atoms with Crippen molar-refractivity contribution >= 4 is 0 Å². The molecule has 2 N–H and O–H groups in total. The number of aryl methyl sites for hydroxylation is 1. The molecule has 1 rings (SSSR count). The summed E-state index contributed by atoms with van der Waals surface area (Å²) in [5.41, 5.74) is 9.75. The van der Waals surface area contributed by atoms with E-state index in [1.165, 1.54) is 16.7 Å². The molecule has 0 aliphatic heterocycles. The highest BCUT2D eigenvalue weighted by molar-refractivity contribution is 5.24. The van der Waals surface area contributed by atoms with Gasteiger partial charge in [0.2, 0.25) is 0 Å². The molecular weight excluding hydrogens is 170 g/mol. The molecule has 1 unspecified atom stereocenters. The standard InChI is InChI=1S/C13H19N/c1-4-10(2)9-13(14)12-7-5-11(3)6-8-12/h5-8,13H,2,4,9,14H2,1,3H3. The highest BCUT2D eigenvalue weighted by Gasteiger charge is 2.06. The molecule has 0 saturated heterocycles. The van der Waals surface area contributed by atoms with Gasteiger partial charge in [-0.3, -0.25) is 0 Å². The van der Waals surface area contributed by atoms with Gasteiger partial charge in [-0.1, -0.05) is 48.9 Å². The largest absolute Gasteiger partial charge is 0.324 e. The first kappa shape index (κ1) is 11.0. The molecule has 0 aliphatic rings. The maximum absolute atomic E-state index is 6.06. The van der Waals surface area contributed by atoms with Gasteiger partial charge in [0.25, 0.3) is 0 Å². The lowest BCUT2D eigenvalue weighted by atomic mass is 9.99. The first-order valence-corrected chi connectivity index (χ1v) is 5.12. The number of hydrogen-bond acceptors (Lipinski definition) is 1. The second kappa shape index (κ2) is 4.97. The van der Waals surface area contributed by atoms with Crippen LogP contribution in [0.4, 0.5) is 0 Å². The number of hydrogen-bond donors (Lipinski definition) is 1.